The molecule has 0 heterocycles. The number of ether oxygens (including phenoxy) is 10. The van der Waals surface area contributed by atoms with E-state index in [2.05, 4.69) is 72.8 Å². The fourth-order valence-electron chi connectivity index (χ4n) is 8.79. The van der Waals surface area contributed by atoms with Gasteiger partial charge in [-0.05, 0) is 156 Å². The third kappa shape index (κ3) is 12.6. The van der Waals surface area contributed by atoms with Crippen LogP contribution in [-0.2, 0) is 44.9 Å². The molecule has 10 heteroatoms. The van der Waals surface area contributed by atoms with Crippen LogP contribution in [0.3, 0.4) is 0 Å². The molecule has 0 bridgehead atoms. The Morgan fingerprint density at radius 3 is 1.00 bits per heavy atom. The molecule has 0 N–H and O–H groups in total. The van der Waals surface area contributed by atoms with E-state index < -0.39 is 0 Å². The van der Waals surface area contributed by atoms with Crippen LogP contribution in [0.25, 0.3) is 0 Å². The van der Waals surface area contributed by atoms with Gasteiger partial charge in [0, 0.05) is 12.1 Å². The normalized spacial score (nSPS) is 11.8. The Balaban J connectivity index is 1.29. The summed E-state index contributed by atoms with van der Waals surface area (Å²) in [6.45, 7) is 0. The summed E-state index contributed by atoms with van der Waals surface area (Å²) in [5, 5.41) is 0. The first-order valence-corrected chi connectivity index (χ1v) is 22.4. The van der Waals surface area contributed by atoms with Crippen molar-refractivity contribution in [2.75, 3.05) is 71.1 Å². The van der Waals surface area contributed by atoms with Crippen molar-refractivity contribution in [3.63, 3.8) is 0 Å². The smallest absolute Gasteiger partial charge is 0.203 e. The van der Waals surface area contributed by atoms with E-state index in [-0.39, 0.29) is 11.8 Å². The lowest BCUT2D eigenvalue weighted by Gasteiger charge is -2.29. The predicted molar refractivity (Wildman–Crippen MR) is 261 cm³/mol. The van der Waals surface area contributed by atoms with Crippen molar-refractivity contribution in [2.24, 2.45) is 5.92 Å². The molecular weight excluding hydrogens is 833 g/mol. The first-order chi connectivity index (χ1) is 32.2. The van der Waals surface area contributed by atoms with Crippen LogP contribution >= 0.6 is 0 Å². The van der Waals surface area contributed by atoms with Crippen molar-refractivity contribution < 1.29 is 47.4 Å². The molecule has 0 radical (unpaired) electrons. The Bertz CT molecular complexity index is 2370. The minimum Gasteiger partial charge on any atom is -0.497 e. The average Bonchev–Trinajstić information content (AvgIpc) is 3.37. The highest BCUT2D eigenvalue weighted by molar-refractivity contribution is 5.55. The monoisotopic (exact) mass is 898 g/mol. The summed E-state index contributed by atoms with van der Waals surface area (Å²) < 4.78 is 56.6. The second kappa shape index (κ2) is 24.0. The molecule has 0 amide bonds. The van der Waals surface area contributed by atoms with Gasteiger partial charge in [-0.3, -0.25) is 0 Å². The first-order valence-electron chi connectivity index (χ1n) is 22.4. The number of aryl methyl sites for hydroxylation is 5. The van der Waals surface area contributed by atoms with E-state index in [1.165, 1.54) is 27.8 Å². The number of hydrogen-bond acceptors (Lipinski definition) is 10. The average molecular weight is 899 g/mol. The molecule has 6 aromatic carbocycles. The molecule has 0 aromatic heterocycles. The van der Waals surface area contributed by atoms with Crippen LogP contribution in [0.2, 0.25) is 0 Å². The summed E-state index contributed by atoms with van der Waals surface area (Å²) in [6.07, 6.45) is 6.81. The Labute approximate surface area is 391 Å². The van der Waals surface area contributed by atoms with E-state index in [4.69, 9.17) is 47.4 Å². The molecule has 0 saturated carbocycles. The van der Waals surface area contributed by atoms with Gasteiger partial charge < -0.3 is 47.4 Å². The summed E-state index contributed by atoms with van der Waals surface area (Å²) in [4.78, 5) is 0. The summed E-state index contributed by atoms with van der Waals surface area (Å²) >= 11 is 0. The molecule has 10 nitrogen and oxygen atoms in total. The molecule has 0 saturated heterocycles. The van der Waals surface area contributed by atoms with E-state index >= 15 is 0 Å². The summed E-state index contributed by atoms with van der Waals surface area (Å²) in [6, 6.07) is 38.7. The molecule has 0 spiro atoms. The largest absolute Gasteiger partial charge is 0.497 e. The molecule has 0 unspecified atom stereocenters. The highest BCUT2D eigenvalue weighted by atomic mass is 16.5. The molecule has 66 heavy (non-hydrogen) atoms. The zero-order valence-electron chi connectivity index (χ0n) is 40.3. The minimum absolute atomic E-state index is 0.117. The fraction of sp³-hybridized carbons (Fsp3) is 0.357. The second-order valence-electron chi connectivity index (χ2n) is 16.4. The number of hydrogen-bond donors (Lipinski definition) is 0. The third-order valence-electron chi connectivity index (χ3n) is 12.4. The van der Waals surface area contributed by atoms with Gasteiger partial charge in [0.25, 0.3) is 0 Å². The van der Waals surface area contributed by atoms with E-state index in [0.29, 0.717) is 34.5 Å². The van der Waals surface area contributed by atoms with Crippen molar-refractivity contribution >= 4 is 0 Å². The van der Waals surface area contributed by atoms with Crippen molar-refractivity contribution in [3.8, 4) is 57.5 Å². The zero-order chi connectivity index (χ0) is 47.0. The molecule has 0 aliphatic carbocycles. The number of benzene rings is 6. The lowest BCUT2D eigenvalue weighted by atomic mass is 9.75. The van der Waals surface area contributed by atoms with Gasteiger partial charge >= 0.3 is 0 Å². The van der Waals surface area contributed by atoms with E-state index in [9.17, 15) is 0 Å². The van der Waals surface area contributed by atoms with Crippen LogP contribution in [0.1, 0.15) is 56.8 Å². The van der Waals surface area contributed by atoms with E-state index in [1.807, 2.05) is 36.4 Å². The minimum atomic E-state index is 0.117. The molecule has 6 aromatic rings. The molecule has 2 atom stereocenters. The molecule has 0 fully saturated rings. The van der Waals surface area contributed by atoms with Crippen LogP contribution < -0.4 is 47.4 Å². The van der Waals surface area contributed by atoms with Crippen LogP contribution in [-0.4, -0.2) is 71.1 Å². The van der Waals surface area contributed by atoms with Crippen LogP contribution in [0.4, 0.5) is 0 Å². The Morgan fingerprint density at radius 1 is 0.303 bits per heavy atom. The number of rotatable bonds is 25. The lowest BCUT2D eigenvalue weighted by molar-refractivity contribution is 0.324. The molecule has 6 rings (SSSR count). The SMILES string of the molecule is COc1cc(CC[C@H](Cc2ccc(CCc3cc(OC)c(OC)c(OC)c3)cc2)[C@@H](Cc2ccc(CCc3cc(OC)c(OC)c(OC)c3)cc2)c2cc(OC)cc(OC)c2)cc(OC)c1. The van der Waals surface area contributed by atoms with Crippen molar-refractivity contribution in [1.82, 2.24) is 0 Å². The van der Waals surface area contributed by atoms with Crippen molar-refractivity contribution in [1.29, 1.82) is 0 Å². The fourth-order valence-corrected chi connectivity index (χ4v) is 8.79. The summed E-state index contributed by atoms with van der Waals surface area (Å²) in [5.41, 5.74) is 9.61. The predicted octanol–water partition coefficient (Wildman–Crippen LogP) is 11.2. The number of methoxy groups -OCH3 is 10. The Hall–Kier alpha value is -6.68. The Kier molecular flexibility index (Phi) is 17.7. The highest BCUT2D eigenvalue weighted by Gasteiger charge is 2.26. The topological polar surface area (TPSA) is 92.3 Å². The molecule has 0 aliphatic heterocycles. The Morgan fingerprint density at radius 2 is 0.636 bits per heavy atom. The van der Waals surface area contributed by atoms with Gasteiger partial charge in [0.15, 0.2) is 23.0 Å². The van der Waals surface area contributed by atoms with Gasteiger partial charge in [-0.15, -0.1) is 0 Å². The highest BCUT2D eigenvalue weighted by Crippen LogP contribution is 2.41. The summed E-state index contributed by atoms with van der Waals surface area (Å²) in [5.74, 6) is 7.27. The molecule has 0 aliphatic rings. The van der Waals surface area contributed by atoms with E-state index in [1.54, 1.807) is 71.1 Å². The zero-order valence-corrected chi connectivity index (χ0v) is 40.3. The van der Waals surface area contributed by atoms with Gasteiger partial charge in [0.05, 0.1) is 71.1 Å². The standard InChI is InChI=1S/C56H66O10/c1-57-46-26-41(27-47(35-46)58-2)23-24-44(25-39-17-11-37(12-18-39)15-21-42-29-51(61-5)55(65-9)52(30-42)62-6)50(45-33-48(59-3)36-49(34-45)60-4)28-40-19-13-38(14-20-40)16-22-43-31-53(63-7)56(66-10)54(32-43)64-8/h11-14,17-20,26-27,29-36,44,50H,15-16,21-25,28H2,1-10H3/t44-,50-/m1/s1. The maximum absolute atomic E-state index is 5.85. The first kappa shape index (κ1) is 48.8. The van der Waals surface area contributed by atoms with Crippen molar-refractivity contribution in [3.05, 3.63) is 154 Å². The molecular formula is C56H66O10. The van der Waals surface area contributed by atoms with Gasteiger partial charge in [-0.25, -0.2) is 0 Å². The van der Waals surface area contributed by atoms with Crippen molar-refractivity contribution in [2.45, 2.75) is 57.3 Å². The maximum Gasteiger partial charge on any atom is 0.203 e. The quantitative estimate of drug-likeness (QED) is 0.0553. The van der Waals surface area contributed by atoms with Gasteiger partial charge in [-0.2, -0.15) is 0 Å². The van der Waals surface area contributed by atoms with Crippen LogP contribution in [0, 0.1) is 5.92 Å². The molecule has 350 valence electrons. The maximum atomic E-state index is 5.85. The second-order valence-corrected chi connectivity index (χ2v) is 16.4. The summed E-state index contributed by atoms with van der Waals surface area (Å²) in [7, 11) is 16.6. The van der Waals surface area contributed by atoms with Gasteiger partial charge in [-0.1, -0.05) is 48.5 Å². The van der Waals surface area contributed by atoms with Gasteiger partial charge in [0.1, 0.15) is 23.0 Å². The van der Waals surface area contributed by atoms with Crippen LogP contribution in [0.15, 0.2) is 109 Å². The third-order valence-corrected chi connectivity index (χ3v) is 12.4. The van der Waals surface area contributed by atoms with E-state index in [0.717, 1.165) is 91.1 Å². The lowest BCUT2D eigenvalue weighted by Crippen LogP contribution is -2.20. The van der Waals surface area contributed by atoms with Crippen LogP contribution in [0.5, 0.6) is 57.5 Å². The van der Waals surface area contributed by atoms with Gasteiger partial charge in [0.2, 0.25) is 11.5 Å².